The van der Waals surface area contributed by atoms with E-state index in [1.165, 1.54) is 19.5 Å². The lowest BCUT2D eigenvalue weighted by molar-refractivity contribution is -0.133. The van der Waals surface area contributed by atoms with E-state index in [2.05, 4.69) is 9.97 Å². The van der Waals surface area contributed by atoms with E-state index < -0.39 is 0 Å². The Hall–Kier alpha value is -3.95. The lowest BCUT2D eigenvalue weighted by Gasteiger charge is -2.32. The van der Waals surface area contributed by atoms with Gasteiger partial charge in [0.05, 0.1) is 18.5 Å². The van der Waals surface area contributed by atoms with Crippen molar-refractivity contribution >= 4 is 28.5 Å². The number of benzene rings is 1. The van der Waals surface area contributed by atoms with Crippen molar-refractivity contribution in [2.24, 2.45) is 0 Å². The van der Waals surface area contributed by atoms with E-state index in [1.54, 1.807) is 36.1 Å². The molecule has 1 aliphatic heterocycles. The summed E-state index contributed by atoms with van der Waals surface area (Å²) in [6.07, 6.45) is 6.44. The highest BCUT2D eigenvalue weighted by molar-refractivity contribution is 5.98. The molecule has 1 aromatic carbocycles. The minimum Gasteiger partial charge on any atom is -0.504 e. The number of phenols is 1. The zero-order valence-corrected chi connectivity index (χ0v) is 19.3. The summed E-state index contributed by atoms with van der Waals surface area (Å²) in [5.74, 6) is 0.630. The van der Waals surface area contributed by atoms with Crippen LogP contribution in [0.1, 0.15) is 38.6 Å². The molecule has 1 saturated heterocycles. The zero-order valence-electron chi connectivity index (χ0n) is 19.3. The minimum absolute atomic E-state index is 0.00919. The second-order valence-corrected chi connectivity index (χ2v) is 8.22. The Labute approximate surface area is 197 Å². The van der Waals surface area contributed by atoms with Gasteiger partial charge in [0.15, 0.2) is 22.9 Å². The molecule has 3 heterocycles. The van der Waals surface area contributed by atoms with Gasteiger partial charge < -0.3 is 20.5 Å². The Kier molecular flexibility index (Phi) is 6.76. The summed E-state index contributed by atoms with van der Waals surface area (Å²) < 4.78 is 7.11. The lowest BCUT2D eigenvalue weighted by Crippen LogP contribution is -2.39. The number of hydrogen-bond acceptors (Lipinski definition) is 8. The molecular weight excluding hydrogens is 436 g/mol. The molecule has 178 valence electrons. The van der Waals surface area contributed by atoms with Crippen molar-refractivity contribution in [3.63, 3.8) is 0 Å². The second kappa shape index (κ2) is 9.90. The fraction of sp³-hybridized carbons (Fsp3) is 0.375. The molecule has 0 spiro atoms. The molecule has 10 heteroatoms. The van der Waals surface area contributed by atoms with Crippen LogP contribution in [0, 0.1) is 0 Å². The van der Waals surface area contributed by atoms with Gasteiger partial charge in [0.25, 0.3) is 0 Å². The molecule has 10 nitrogen and oxygen atoms in total. The van der Waals surface area contributed by atoms with Crippen molar-refractivity contribution in [2.75, 3.05) is 25.9 Å². The monoisotopic (exact) mass is 464 g/mol. The third-order valence-electron chi connectivity index (χ3n) is 6.07. The lowest BCUT2D eigenvalue weighted by atomic mass is 10.0. The van der Waals surface area contributed by atoms with E-state index in [0.717, 1.165) is 5.56 Å². The number of ketones is 1. The van der Waals surface area contributed by atoms with Gasteiger partial charge in [-0.3, -0.25) is 9.59 Å². The molecule has 1 aliphatic rings. The molecule has 3 aromatic rings. The van der Waals surface area contributed by atoms with E-state index >= 15 is 0 Å². The molecule has 3 N–H and O–H groups in total. The Morgan fingerprint density at radius 3 is 2.71 bits per heavy atom. The number of allylic oxidation sites excluding steroid dienone is 2. The van der Waals surface area contributed by atoms with Crippen molar-refractivity contribution in [1.82, 2.24) is 24.6 Å². The van der Waals surface area contributed by atoms with Crippen LogP contribution < -0.4 is 10.5 Å². The molecule has 1 fully saturated rings. The quantitative estimate of drug-likeness (QED) is 0.509. The summed E-state index contributed by atoms with van der Waals surface area (Å²) >= 11 is 0. The maximum Gasteiger partial charge on any atom is 0.223 e. The number of rotatable bonds is 7. The number of phenolic OH excluding ortho intramolecular Hbond substituents is 1. The number of aromatic nitrogens is 4. The number of anilines is 1. The van der Waals surface area contributed by atoms with Gasteiger partial charge >= 0.3 is 0 Å². The topological polar surface area (TPSA) is 136 Å². The van der Waals surface area contributed by atoms with Crippen LogP contribution in [-0.4, -0.2) is 61.6 Å². The standard InChI is InChI=1S/C24H28N6O4/c1-3-4-17(31)6-8-20(33)29-11-9-16(10-12-29)30-24-21(23(25)26-14-27-24)22(28-30)15-5-7-18(32)19(13-15)34-2/h3-5,7,13-14,16,32H,6,8-12H2,1-2H3,(H2,25,26,27). The number of carbonyl (C=O) groups is 2. The first kappa shape index (κ1) is 23.2. The summed E-state index contributed by atoms with van der Waals surface area (Å²) in [4.78, 5) is 34.6. The number of methoxy groups -OCH3 is 1. The third kappa shape index (κ3) is 4.57. The highest BCUT2D eigenvalue weighted by Crippen LogP contribution is 2.37. The number of fused-ring (bicyclic) bond motifs is 1. The number of likely N-dealkylation sites (tertiary alicyclic amines) is 1. The zero-order chi connectivity index (χ0) is 24.2. The number of aromatic hydroxyl groups is 1. The molecule has 0 atom stereocenters. The Morgan fingerprint density at radius 2 is 2.00 bits per heavy atom. The number of piperidine rings is 1. The van der Waals surface area contributed by atoms with E-state index in [4.69, 9.17) is 15.6 Å². The first-order valence-corrected chi connectivity index (χ1v) is 11.2. The Bertz CT molecular complexity index is 1240. The summed E-state index contributed by atoms with van der Waals surface area (Å²) in [7, 11) is 1.48. The number of nitrogens with two attached hydrogens (primary N) is 1. The average Bonchev–Trinajstić information content (AvgIpc) is 3.24. The predicted molar refractivity (Wildman–Crippen MR) is 127 cm³/mol. The molecule has 0 radical (unpaired) electrons. The SMILES string of the molecule is CC=CC(=O)CCC(=O)N1CCC(n2nc(-c3ccc(O)c(OC)c3)c3c(N)ncnc32)CC1. The van der Waals surface area contributed by atoms with Gasteiger partial charge in [-0.05, 0) is 44.0 Å². The van der Waals surface area contributed by atoms with E-state index in [9.17, 15) is 14.7 Å². The third-order valence-corrected chi connectivity index (χ3v) is 6.07. The number of ether oxygens (including phenoxy) is 1. The normalized spacial score (nSPS) is 14.7. The average molecular weight is 465 g/mol. The molecule has 1 amide bonds. The summed E-state index contributed by atoms with van der Waals surface area (Å²) in [6.45, 7) is 2.93. The van der Waals surface area contributed by atoms with Crippen LogP contribution in [0.2, 0.25) is 0 Å². The molecule has 0 bridgehead atoms. The van der Waals surface area contributed by atoms with E-state index in [0.29, 0.717) is 54.2 Å². The maximum absolute atomic E-state index is 12.5. The van der Waals surface area contributed by atoms with Crippen LogP contribution >= 0.6 is 0 Å². The number of nitrogens with zero attached hydrogens (tertiary/aromatic N) is 5. The Balaban J connectivity index is 1.56. The van der Waals surface area contributed by atoms with Gasteiger partial charge in [-0.15, -0.1) is 0 Å². The van der Waals surface area contributed by atoms with Crippen LogP contribution in [0.4, 0.5) is 5.82 Å². The molecule has 0 unspecified atom stereocenters. The van der Waals surface area contributed by atoms with Crippen LogP contribution in [0.3, 0.4) is 0 Å². The van der Waals surface area contributed by atoms with E-state index in [-0.39, 0.29) is 36.3 Å². The summed E-state index contributed by atoms with van der Waals surface area (Å²) in [6, 6.07) is 5.01. The molecule has 4 rings (SSSR count). The van der Waals surface area contributed by atoms with Gasteiger partial charge in [0.1, 0.15) is 17.8 Å². The van der Waals surface area contributed by atoms with Crippen molar-refractivity contribution in [3.05, 3.63) is 36.7 Å². The van der Waals surface area contributed by atoms with Gasteiger partial charge in [0.2, 0.25) is 5.91 Å². The van der Waals surface area contributed by atoms with Gasteiger partial charge in [-0.25, -0.2) is 14.6 Å². The number of hydrogen-bond donors (Lipinski definition) is 2. The van der Waals surface area contributed by atoms with Crippen molar-refractivity contribution < 1.29 is 19.4 Å². The molecule has 0 saturated carbocycles. The molecule has 0 aliphatic carbocycles. The second-order valence-electron chi connectivity index (χ2n) is 8.22. The van der Waals surface area contributed by atoms with Crippen LogP contribution in [0.5, 0.6) is 11.5 Å². The number of nitrogen functional groups attached to an aromatic ring is 1. The molecule has 34 heavy (non-hydrogen) atoms. The first-order chi connectivity index (χ1) is 16.4. The van der Waals surface area contributed by atoms with Gasteiger partial charge in [0, 0.05) is 31.5 Å². The van der Waals surface area contributed by atoms with Crippen molar-refractivity contribution in [2.45, 2.75) is 38.6 Å². The van der Waals surface area contributed by atoms with Crippen molar-refractivity contribution in [3.8, 4) is 22.8 Å². The van der Waals surface area contributed by atoms with Crippen LogP contribution in [-0.2, 0) is 9.59 Å². The summed E-state index contributed by atoms with van der Waals surface area (Å²) in [5.41, 5.74) is 8.15. The van der Waals surface area contributed by atoms with E-state index in [1.807, 2.05) is 4.68 Å². The first-order valence-electron chi connectivity index (χ1n) is 11.2. The minimum atomic E-state index is -0.0376. The van der Waals surface area contributed by atoms with Gasteiger partial charge in [-0.1, -0.05) is 6.08 Å². The predicted octanol–water partition coefficient (Wildman–Crippen LogP) is 2.88. The van der Waals surface area contributed by atoms with Crippen LogP contribution in [0.15, 0.2) is 36.7 Å². The van der Waals surface area contributed by atoms with Gasteiger partial charge in [-0.2, -0.15) is 5.10 Å². The molecule has 2 aromatic heterocycles. The highest BCUT2D eigenvalue weighted by atomic mass is 16.5. The van der Waals surface area contributed by atoms with Crippen molar-refractivity contribution in [1.29, 1.82) is 0 Å². The highest BCUT2D eigenvalue weighted by Gasteiger charge is 2.28. The number of carbonyl (C=O) groups excluding carboxylic acids is 2. The fourth-order valence-electron chi connectivity index (χ4n) is 4.29. The summed E-state index contributed by atoms with van der Waals surface area (Å²) in [5, 5.41) is 15.4. The fourth-order valence-corrected chi connectivity index (χ4v) is 4.29. The smallest absolute Gasteiger partial charge is 0.223 e. The largest absolute Gasteiger partial charge is 0.504 e. The number of amides is 1. The van der Waals surface area contributed by atoms with Crippen LogP contribution in [0.25, 0.3) is 22.3 Å². The molecular formula is C24H28N6O4. The maximum atomic E-state index is 12.5. The Morgan fingerprint density at radius 1 is 1.24 bits per heavy atom.